The molecule has 13 heavy (non-hydrogen) atoms. The Hall–Kier alpha value is -1.10. The van der Waals surface area contributed by atoms with E-state index in [-0.39, 0.29) is 6.42 Å². The van der Waals surface area contributed by atoms with Gasteiger partial charge < -0.3 is 9.84 Å². The van der Waals surface area contributed by atoms with Gasteiger partial charge >= 0.3 is 5.97 Å². The quantitative estimate of drug-likeness (QED) is 0.713. The SMILES string of the molecule is O=C(O)CCCCOc1nccs1. The molecule has 0 unspecified atom stereocenters. The molecule has 0 radical (unpaired) electrons. The van der Waals surface area contributed by atoms with Gasteiger partial charge in [-0.15, -0.1) is 0 Å². The summed E-state index contributed by atoms with van der Waals surface area (Å²) in [4.78, 5) is 14.1. The molecule has 0 aliphatic heterocycles. The lowest BCUT2D eigenvalue weighted by Gasteiger charge is -1.99. The molecule has 0 saturated heterocycles. The molecule has 1 aromatic heterocycles. The van der Waals surface area contributed by atoms with Crippen molar-refractivity contribution < 1.29 is 14.6 Å². The highest BCUT2D eigenvalue weighted by atomic mass is 32.1. The van der Waals surface area contributed by atoms with Crippen molar-refractivity contribution in [2.75, 3.05) is 6.61 Å². The molecule has 1 heterocycles. The van der Waals surface area contributed by atoms with Crippen molar-refractivity contribution in [2.45, 2.75) is 19.3 Å². The zero-order valence-corrected chi connectivity index (χ0v) is 7.92. The van der Waals surface area contributed by atoms with Crippen molar-refractivity contribution in [3.8, 4) is 5.19 Å². The molecule has 0 aromatic carbocycles. The normalized spacial score (nSPS) is 9.85. The first-order valence-electron chi connectivity index (χ1n) is 4.03. The van der Waals surface area contributed by atoms with Gasteiger partial charge in [-0.1, -0.05) is 11.3 Å². The number of ether oxygens (including phenoxy) is 1. The summed E-state index contributed by atoms with van der Waals surface area (Å²) in [7, 11) is 0. The van der Waals surface area contributed by atoms with E-state index in [0.717, 1.165) is 6.42 Å². The Morgan fingerprint density at radius 2 is 2.46 bits per heavy atom. The molecular formula is C8H11NO3S. The van der Waals surface area contributed by atoms with Crippen molar-refractivity contribution >= 4 is 17.3 Å². The van der Waals surface area contributed by atoms with Crippen LogP contribution in [0.25, 0.3) is 0 Å². The number of aromatic nitrogens is 1. The zero-order valence-electron chi connectivity index (χ0n) is 7.10. The van der Waals surface area contributed by atoms with Crippen LogP contribution in [-0.2, 0) is 4.79 Å². The maximum absolute atomic E-state index is 10.1. The number of rotatable bonds is 6. The van der Waals surface area contributed by atoms with E-state index < -0.39 is 5.97 Å². The Morgan fingerprint density at radius 3 is 3.08 bits per heavy atom. The van der Waals surface area contributed by atoms with E-state index in [2.05, 4.69) is 4.98 Å². The number of hydrogen-bond donors (Lipinski definition) is 1. The van der Waals surface area contributed by atoms with E-state index in [1.54, 1.807) is 6.20 Å². The molecule has 0 fully saturated rings. The maximum Gasteiger partial charge on any atom is 0.303 e. The van der Waals surface area contributed by atoms with Crippen LogP contribution in [0.4, 0.5) is 0 Å². The molecule has 0 saturated carbocycles. The van der Waals surface area contributed by atoms with Crippen LogP contribution in [-0.4, -0.2) is 22.7 Å². The van der Waals surface area contributed by atoms with Gasteiger partial charge in [-0.2, -0.15) is 0 Å². The largest absolute Gasteiger partial charge is 0.481 e. The van der Waals surface area contributed by atoms with Crippen molar-refractivity contribution in [3.05, 3.63) is 11.6 Å². The fraction of sp³-hybridized carbons (Fsp3) is 0.500. The molecule has 0 atom stereocenters. The van der Waals surface area contributed by atoms with E-state index >= 15 is 0 Å². The summed E-state index contributed by atoms with van der Waals surface area (Å²) in [5.41, 5.74) is 0. The van der Waals surface area contributed by atoms with Gasteiger partial charge in [0.1, 0.15) is 0 Å². The van der Waals surface area contributed by atoms with Gasteiger partial charge in [-0.25, -0.2) is 4.98 Å². The molecular weight excluding hydrogens is 190 g/mol. The molecule has 0 amide bonds. The highest BCUT2D eigenvalue weighted by molar-refractivity contribution is 7.11. The highest BCUT2D eigenvalue weighted by Crippen LogP contribution is 2.13. The Labute approximate surface area is 80.2 Å². The summed E-state index contributed by atoms with van der Waals surface area (Å²) in [5, 5.41) is 10.8. The van der Waals surface area contributed by atoms with Gasteiger partial charge in [0.05, 0.1) is 6.61 Å². The van der Waals surface area contributed by atoms with Gasteiger partial charge in [0.25, 0.3) is 5.19 Å². The number of thiazole rings is 1. The van der Waals surface area contributed by atoms with Gasteiger partial charge in [-0.05, 0) is 12.8 Å². The summed E-state index contributed by atoms with van der Waals surface area (Å²) in [6.07, 6.45) is 3.30. The van der Waals surface area contributed by atoms with Crippen molar-refractivity contribution in [1.29, 1.82) is 0 Å². The van der Waals surface area contributed by atoms with Crippen molar-refractivity contribution in [3.63, 3.8) is 0 Å². The third-order valence-electron chi connectivity index (χ3n) is 1.42. The van der Waals surface area contributed by atoms with Crippen molar-refractivity contribution in [2.24, 2.45) is 0 Å². The van der Waals surface area contributed by atoms with Crippen LogP contribution in [0, 0.1) is 0 Å². The summed E-state index contributed by atoms with van der Waals surface area (Å²) in [6.45, 7) is 0.542. The Balaban J connectivity index is 1.99. The number of aliphatic carboxylic acids is 1. The van der Waals surface area contributed by atoms with Crippen LogP contribution >= 0.6 is 11.3 Å². The Kier molecular flexibility index (Phi) is 4.25. The van der Waals surface area contributed by atoms with Crippen LogP contribution in [0.15, 0.2) is 11.6 Å². The summed E-state index contributed by atoms with van der Waals surface area (Å²) in [6, 6.07) is 0. The third kappa shape index (κ3) is 4.47. The van der Waals surface area contributed by atoms with E-state index in [0.29, 0.717) is 18.2 Å². The first-order chi connectivity index (χ1) is 6.29. The maximum atomic E-state index is 10.1. The first kappa shape index (κ1) is 9.98. The lowest BCUT2D eigenvalue weighted by Crippen LogP contribution is -1.99. The molecule has 1 rings (SSSR count). The first-order valence-corrected chi connectivity index (χ1v) is 4.91. The van der Waals surface area contributed by atoms with Crippen LogP contribution in [0.1, 0.15) is 19.3 Å². The smallest absolute Gasteiger partial charge is 0.303 e. The average Bonchev–Trinajstić information content (AvgIpc) is 2.55. The van der Waals surface area contributed by atoms with Crippen LogP contribution < -0.4 is 4.74 Å². The highest BCUT2D eigenvalue weighted by Gasteiger charge is 1.98. The minimum Gasteiger partial charge on any atom is -0.481 e. The van der Waals surface area contributed by atoms with Gasteiger partial charge in [0.15, 0.2) is 0 Å². The average molecular weight is 201 g/mol. The fourth-order valence-corrected chi connectivity index (χ4v) is 1.33. The molecule has 72 valence electrons. The predicted octanol–water partition coefficient (Wildman–Crippen LogP) is 1.78. The fourth-order valence-electron chi connectivity index (χ4n) is 0.819. The standard InChI is InChI=1S/C8H11NO3S/c10-7(11)3-1-2-5-12-8-9-4-6-13-8/h4,6H,1-3,5H2,(H,10,11). The van der Waals surface area contributed by atoms with E-state index in [1.165, 1.54) is 11.3 Å². The predicted molar refractivity (Wildman–Crippen MR) is 49.1 cm³/mol. The Bertz CT molecular complexity index is 248. The van der Waals surface area contributed by atoms with E-state index in [1.807, 2.05) is 5.38 Å². The van der Waals surface area contributed by atoms with Crippen LogP contribution in [0.2, 0.25) is 0 Å². The third-order valence-corrected chi connectivity index (χ3v) is 2.10. The molecule has 5 heteroatoms. The number of unbranched alkanes of at least 4 members (excludes halogenated alkanes) is 1. The molecule has 1 N–H and O–H groups in total. The lowest BCUT2D eigenvalue weighted by atomic mass is 10.2. The lowest BCUT2D eigenvalue weighted by molar-refractivity contribution is -0.137. The molecule has 4 nitrogen and oxygen atoms in total. The number of nitrogens with zero attached hydrogens (tertiary/aromatic N) is 1. The summed E-state index contributed by atoms with van der Waals surface area (Å²) < 4.78 is 5.24. The summed E-state index contributed by atoms with van der Waals surface area (Å²) in [5.74, 6) is -0.755. The second kappa shape index (κ2) is 5.53. The van der Waals surface area contributed by atoms with E-state index in [9.17, 15) is 4.79 Å². The minimum absolute atomic E-state index is 0.210. The number of hydrogen-bond acceptors (Lipinski definition) is 4. The number of carboxylic acids is 1. The zero-order chi connectivity index (χ0) is 9.52. The van der Waals surface area contributed by atoms with Crippen molar-refractivity contribution in [1.82, 2.24) is 4.98 Å². The molecule has 0 spiro atoms. The second-order valence-corrected chi connectivity index (χ2v) is 3.35. The topological polar surface area (TPSA) is 59.4 Å². The molecule has 0 bridgehead atoms. The monoisotopic (exact) mass is 201 g/mol. The van der Waals surface area contributed by atoms with Crippen LogP contribution in [0.5, 0.6) is 5.19 Å². The second-order valence-electron chi connectivity index (χ2n) is 2.50. The van der Waals surface area contributed by atoms with Crippen LogP contribution in [0.3, 0.4) is 0 Å². The van der Waals surface area contributed by atoms with E-state index in [4.69, 9.17) is 9.84 Å². The number of carbonyl (C=O) groups is 1. The molecule has 0 aliphatic rings. The summed E-state index contributed by atoms with van der Waals surface area (Å²) >= 11 is 1.44. The molecule has 0 aliphatic carbocycles. The Morgan fingerprint density at radius 1 is 1.62 bits per heavy atom. The van der Waals surface area contributed by atoms with Gasteiger partial charge in [0, 0.05) is 18.0 Å². The number of carboxylic acid groups (broad SMARTS) is 1. The van der Waals surface area contributed by atoms with Gasteiger partial charge in [0.2, 0.25) is 0 Å². The van der Waals surface area contributed by atoms with Gasteiger partial charge in [-0.3, -0.25) is 4.79 Å². The molecule has 1 aromatic rings. The minimum atomic E-state index is -0.755.